The van der Waals surface area contributed by atoms with E-state index < -0.39 is 29.6 Å². The van der Waals surface area contributed by atoms with E-state index in [4.69, 9.17) is 4.74 Å². The minimum Gasteiger partial charge on any atom is -0.444 e. The molecule has 23 heavy (non-hydrogen) atoms. The maximum absolute atomic E-state index is 12.2. The lowest BCUT2D eigenvalue weighted by molar-refractivity contribution is -0.109. The second-order valence-electron chi connectivity index (χ2n) is 6.16. The molecular weight excluding hydrogens is 300 g/mol. The van der Waals surface area contributed by atoms with Crippen molar-refractivity contribution in [3.63, 3.8) is 0 Å². The first-order chi connectivity index (χ1) is 10.7. The van der Waals surface area contributed by atoms with Crippen LogP contribution in [-0.2, 0) is 9.53 Å². The zero-order valence-corrected chi connectivity index (χ0v) is 13.2. The lowest BCUT2D eigenvalue weighted by Crippen LogP contribution is -2.48. The third-order valence-electron chi connectivity index (χ3n) is 3.12. The second kappa shape index (κ2) is 6.20. The standard InChI is InChI=1S/C16H18N2O5/c1-16(2,3)23-15(22)17-10(9-19)8-18-13(20)11-6-4-5-7-12(11)14(18)21/h4-7,9-10H,8H2,1-3H3,(H,17,22). The number of carbonyl (C=O) groups is 4. The van der Waals surface area contributed by atoms with E-state index in [2.05, 4.69) is 5.32 Å². The van der Waals surface area contributed by atoms with Crippen LogP contribution in [-0.4, -0.2) is 47.3 Å². The molecular formula is C16H18N2O5. The van der Waals surface area contributed by atoms with E-state index in [0.29, 0.717) is 17.4 Å². The number of rotatable bonds is 4. The Hall–Kier alpha value is -2.70. The molecule has 0 saturated heterocycles. The van der Waals surface area contributed by atoms with Gasteiger partial charge in [-0.25, -0.2) is 4.79 Å². The highest BCUT2D eigenvalue weighted by atomic mass is 16.6. The summed E-state index contributed by atoms with van der Waals surface area (Å²) in [4.78, 5) is 48.2. The van der Waals surface area contributed by atoms with Gasteiger partial charge in [0.05, 0.1) is 17.7 Å². The first-order valence-corrected chi connectivity index (χ1v) is 7.13. The molecule has 7 heteroatoms. The van der Waals surface area contributed by atoms with Crippen LogP contribution in [0.5, 0.6) is 0 Å². The third kappa shape index (κ3) is 3.74. The average molecular weight is 318 g/mol. The number of aldehydes is 1. The molecule has 1 aliphatic rings. The minimum atomic E-state index is -1.04. The summed E-state index contributed by atoms with van der Waals surface area (Å²) in [6.07, 6.45) is -0.320. The van der Waals surface area contributed by atoms with Crippen molar-refractivity contribution in [3.8, 4) is 0 Å². The van der Waals surface area contributed by atoms with Crippen LogP contribution in [0.15, 0.2) is 24.3 Å². The van der Waals surface area contributed by atoms with Crippen molar-refractivity contribution in [2.75, 3.05) is 6.54 Å². The van der Waals surface area contributed by atoms with Gasteiger partial charge in [0.1, 0.15) is 17.9 Å². The fourth-order valence-corrected chi connectivity index (χ4v) is 2.18. The van der Waals surface area contributed by atoms with Crippen molar-refractivity contribution in [1.29, 1.82) is 0 Å². The molecule has 2 rings (SSSR count). The molecule has 1 atom stereocenters. The fourth-order valence-electron chi connectivity index (χ4n) is 2.18. The minimum absolute atomic E-state index is 0.241. The Morgan fingerprint density at radius 3 is 2.17 bits per heavy atom. The summed E-state index contributed by atoms with van der Waals surface area (Å²) in [6.45, 7) is 4.82. The molecule has 122 valence electrons. The zero-order valence-electron chi connectivity index (χ0n) is 13.2. The number of fused-ring (bicyclic) bond motifs is 1. The quantitative estimate of drug-likeness (QED) is 0.668. The van der Waals surface area contributed by atoms with E-state index in [1.54, 1.807) is 45.0 Å². The lowest BCUT2D eigenvalue weighted by Gasteiger charge is -2.23. The number of hydrogen-bond acceptors (Lipinski definition) is 5. The fraction of sp³-hybridized carbons (Fsp3) is 0.375. The highest BCUT2D eigenvalue weighted by Gasteiger charge is 2.36. The van der Waals surface area contributed by atoms with E-state index in [0.717, 1.165) is 4.90 Å². The number of amides is 3. The molecule has 0 fully saturated rings. The van der Waals surface area contributed by atoms with E-state index >= 15 is 0 Å². The normalized spacial score (nSPS) is 15.2. The van der Waals surface area contributed by atoms with Crippen LogP contribution in [0.25, 0.3) is 0 Å². The van der Waals surface area contributed by atoms with Gasteiger partial charge in [0.2, 0.25) is 0 Å². The highest BCUT2D eigenvalue weighted by Crippen LogP contribution is 2.22. The summed E-state index contributed by atoms with van der Waals surface area (Å²) < 4.78 is 5.05. The maximum Gasteiger partial charge on any atom is 0.408 e. The van der Waals surface area contributed by atoms with Gasteiger partial charge in [0.15, 0.2) is 0 Å². The summed E-state index contributed by atoms with van der Waals surface area (Å²) in [6, 6.07) is 5.37. The predicted octanol–water partition coefficient (Wildman–Crippen LogP) is 1.37. The second-order valence-corrected chi connectivity index (χ2v) is 6.16. The maximum atomic E-state index is 12.2. The van der Waals surface area contributed by atoms with Gasteiger partial charge in [-0.05, 0) is 32.9 Å². The van der Waals surface area contributed by atoms with E-state index in [1.165, 1.54) is 0 Å². The Morgan fingerprint density at radius 2 is 1.74 bits per heavy atom. The number of ether oxygens (including phenoxy) is 1. The van der Waals surface area contributed by atoms with Crippen molar-refractivity contribution < 1.29 is 23.9 Å². The molecule has 1 aliphatic heterocycles. The number of alkyl carbamates (subject to hydrolysis) is 1. The van der Waals surface area contributed by atoms with Gasteiger partial charge >= 0.3 is 6.09 Å². The average Bonchev–Trinajstić information content (AvgIpc) is 2.70. The van der Waals surface area contributed by atoms with Crippen LogP contribution >= 0.6 is 0 Å². The number of nitrogens with one attached hydrogen (secondary N) is 1. The molecule has 0 saturated carbocycles. The van der Waals surface area contributed by atoms with Crippen LogP contribution < -0.4 is 5.32 Å². The van der Waals surface area contributed by atoms with Crippen molar-refractivity contribution in [3.05, 3.63) is 35.4 Å². The molecule has 0 bridgehead atoms. The molecule has 7 nitrogen and oxygen atoms in total. The molecule has 0 aliphatic carbocycles. The Morgan fingerprint density at radius 1 is 1.22 bits per heavy atom. The van der Waals surface area contributed by atoms with Gasteiger partial charge < -0.3 is 14.8 Å². The number of nitrogens with zero attached hydrogens (tertiary/aromatic N) is 1. The molecule has 1 unspecified atom stereocenters. The van der Waals surface area contributed by atoms with Gasteiger partial charge in [-0.15, -0.1) is 0 Å². The summed E-state index contributed by atoms with van der Waals surface area (Å²) in [5, 5.41) is 2.34. The van der Waals surface area contributed by atoms with Crippen molar-refractivity contribution in [1.82, 2.24) is 10.2 Å². The summed E-state index contributed by atoms with van der Waals surface area (Å²) in [7, 11) is 0. The van der Waals surface area contributed by atoms with Gasteiger partial charge in [-0.3, -0.25) is 14.5 Å². The molecule has 1 aromatic rings. The summed E-state index contributed by atoms with van der Waals surface area (Å²) in [5.74, 6) is -0.966. The molecule has 1 N–H and O–H groups in total. The topological polar surface area (TPSA) is 92.8 Å². The largest absolute Gasteiger partial charge is 0.444 e. The van der Waals surface area contributed by atoms with Crippen molar-refractivity contribution in [2.24, 2.45) is 0 Å². The molecule has 0 radical (unpaired) electrons. The first kappa shape index (κ1) is 16.7. The Bertz CT molecular complexity index is 628. The number of carbonyl (C=O) groups excluding carboxylic acids is 4. The van der Waals surface area contributed by atoms with Gasteiger partial charge in [-0.2, -0.15) is 0 Å². The molecule has 1 heterocycles. The number of benzene rings is 1. The van der Waals surface area contributed by atoms with Crippen LogP contribution in [0.2, 0.25) is 0 Å². The molecule has 3 amide bonds. The summed E-state index contributed by atoms with van der Waals surface area (Å²) in [5.41, 5.74) is -0.133. The zero-order chi connectivity index (χ0) is 17.2. The van der Waals surface area contributed by atoms with Crippen molar-refractivity contribution in [2.45, 2.75) is 32.4 Å². The van der Waals surface area contributed by atoms with Crippen LogP contribution in [0, 0.1) is 0 Å². The Kier molecular flexibility index (Phi) is 4.49. The third-order valence-corrected chi connectivity index (χ3v) is 3.12. The van der Waals surface area contributed by atoms with Gasteiger partial charge in [0, 0.05) is 0 Å². The Balaban J connectivity index is 2.06. The number of imide groups is 1. The Labute approximate surface area is 133 Å². The first-order valence-electron chi connectivity index (χ1n) is 7.13. The monoisotopic (exact) mass is 318 g/mol. The SMILES string of the molecule is CC(C)(C)OC(=O)NC(C=O)CN1C(=O)c2ccccc2C1=O. The van der Waals surface area contributed by atoms with E-state index in [9.17, 15) is 19.2 Å². The van der Waals surface area contributed by atoms with Gasteiger partial charge in [0.25, 0.3) is 11.8 Å². The van der Waals surface area contributed by atoms with Crippen LogP contribution in [0.3, 0.4) is 0 Å². The highest BCUT2D eigenvalue weighted by molar-refractivity contribution is 6.21. The van der Waals surface area contributed by atoms with Crippen LogP contribution in [0.4, 0.5) is 4.79 Å². The van der Waals surface area contributed by atoms with E-state index in [1.807, 2.05) is 0 Å². The smallest absolute Gasteiger partial charge is 0.408 e. The molecule has 0 aromatic heterocycles. The van der Waals surface area contributed by atoms with Crippen LogP contribution in [0.1, 0.15) is 41.5 Å². The molecule has 0 spiro atoms. The van der Waals surface area contributed by atoms with Gasteiger partial charge in [-0.1, -0.05) is 12.1 Å². The predicted molar refractivity (Wildman–Crippen MR) is 81.0 cm³/mol. The molecule has 1 aromatic carbocycles. The summed E-state index contributed by atoms with van der Waals surface area (Å²) >= 11 is 0. The lowest BCUT2D eigenvalue weighted by atomic mass is 10.1. The van der Waals surface area contributed by atoms with E-state index in [-0.39, 0.29) is 6.54 Å². The number of hydrogen-bond donors (Lipinski definition) is 1. The van der Waals surface area contributed by atoms with Crippen molar-refractivity contribution >= 4 is 24.2 Å².